The van der Waals surface area contributed by atoms with Crippen molar-refractivity contribution in [2.45, 2.75) is 34.6 Å². The Morgan fingerprint density at radius 2 is 1.75 bits per heavy atom. The average Bonchev–Trinajstić information content (AvgIpc) is 2.30. The van der Waals surface area contributed by atoms with Gasteiger partial charge in [0.1, 0.15) is 5.75 Å². The number of rotatable bonds is 2. The zero-order valence-corrected chi connectivity index (χ0v) is 11.2. The molecule has 1 aromatic rings. The van der Waals surface area contributed by atoms with Gasteiger partial charge in [0.15, 0.2) is 0 Å². The third-order valence-corrected chi connectivity index (χ3v) is 1.33. The molecular formula is C15H24O. The highest BCUT2D eigenvalue weighted by Gasteiger charge is 1.88. The van der Waals surface area contributed by atoms with Crippen molar-refractivity contribution in [1.29, 1.82) is 0 Å². The first kappa shape index (κ1) is 16.9. The molecule has 0 bridgehead atoms. The Kier molecular flexibility index (Phi) is 14.3. The van der Waals surface area contributed by atoms with Crippen LogP contribution in [0.2, 0.25) is 0 Å². The summed E-state index contributed by atoms with van der Waals surface area (Å²) < 4.78 is 5.26. The number of hydrogen-bond donors (Lipinski definition) is 0. The van der Waals surface area contributed by atoms with Crippen LogP contribution in [-0.2, 0) is 0 Å². The van der Waals surface area contributed by atoms with Crippen LogP contribution in [0.25, 0.3) is 0 Å². The van der Waals surface area contributed by atoms with Crippen molar-refractivity contribution >= 4 is 0 Å². The number of aryl methyl sites for hydroxylation is 1. The molecule has 0 fully saturated rings. The lowest BCUT2D eigenvalue weighted by molar-refractivity contribution is 0.480. The molecule has 1 rings (SSSR count). The van der Waals surface area contributed by atoms with E-state index in [1.54, 1.807) is 12.3 Å². The SMILES string of the molecule is C/C=C/Oc1cccc(C)c1.C=CC.CC. The summed E-state index contributed by atoms with van der Waals surface area (Å²) in [5, 5.41) is 0. The fraction of sp³-hybridized carbons (Fsp3) is 0.333. The smallest absolute Gasteiger partial charge is 0.126 e. The minimum Gasteiger partial charge on any atom is -0.465 e. The maximum absolute atomic E-state index is 5.26. The van der Waals surface area contributed by atoms with E-state index in [1.807, 2.05) is 65.0 Å². The van der Waals surface area contributed by atoms with Crippen molar-refractivity contribution in [3.63, 3.8) is 0 Å². The Morgan fingerprint density at radius 1 is 1.19 bits per heavy atom. The van der Waals surface area contributed by atoms with Crippen molar-refractivity contribution < 1.29 is 4.74 Å². The summed E-state index contributed by atoms with van der Waals surface area (Å²) in [5.74, 6) is 0.892. The molecule has 0 N–H and O–H groups in total. The van der Waals surface area contributed by atoms with E-state index in [-0.39, 0.29) is 0 Å². The van der Waals surface area contributed by atoms with Crippen LogP contribution in [0.4, 0.5) is 0 Å². The molecule has 0 aliphatic rings. The molecule has 0 radical (unpaired) electrons. The molecule has 90 valence electrons. The van der Waals surface area contributed by atoms with Crippen LogP contribution < -0.4 is 4.74 Å². The molecule has 0 saturated carbocycles. The van der Waals surface area contributed by atoms with Crippen molar-refractivity contribution in [3.05, 3.63) is 54.8 Å². The summed E-state index contributed by atoms with van der Waals surface area (Å²) in [7, 11) is 0. The number of allylic oxidation sites excluding steroid dienone is 2. The van der Waals surface area contributed by atoms with E-state index in [1.165, 1.54) is 5.56 Å². The van der Waals surface area contributed by atoms with Crippen LogP contribution in [-0.4, -0.2) is 0 Å². The monoisotopic (exact) mass is 220 g/mol. The molecule has 0 spiro atoms. The normalized spacial score (nSPS) is 8.31. The van der Waals surface area contributed by atoms with Crippen molar-refractivity contribution in [2.24, 2.45) is 0 Å². The number of ether oxygens (including phenoxy) is 1. The van der Waals surface area contributed by atoms with Crippen LogP contribution >= 0.6 is 0 Å². The summed E-state index contributed by atoms with van der Waals surface area (Å²) in [6.07, 6.45) is 5.29. The fourth-order valence-corrected chi connectivity index (χ4v) is 0.835. The number of hydrogen-bond acceptors (Lipinski definition) is 1. The van der Waals surface area contributed by atoms with E-state index < -0.39 is 0 Å². The lowest BCUT2D eigenvalue weighted by Crippen LogP contribution is -1.81. The van der Waals surface area contributed by atoms with E-state index in [0.29, 0.717) is 0 Å². The summed E-state index contributed by atoms with van der Waals surface area (Å²) >= 11 is 0. The number of benzene rings is 1. The van der Waals surface area contributed by atoms with Gasteiger partial charge < -0.3 is 4.74 Å². The van der Waals surface area contributed by atoms with Crippen LogP contribution in [0.3, 0.4) is 0 Å². The molecular weight excluding hydrogens is 196 g/mol. The first-order valence-electron chi connectivity index (χ1n) is 5.66. The molecule has 1 nitrogen and oxygen atoms in total. The lowest BCUT2D eigenvalue weighted by Gasteiger charge is -1.99. The quantitative estimate of drug-likeness (QED) is 0.496. The van der Waals surface area contributed by atoms with Crippen LogP contribution in [0.15, 0.2) is 49.3 Å². The molecule has 16 heavy (non-hydrogen) atoms. The Balaban J connectivity index is 0. The minimum absolute atomic E-state index is 0.892. The van der Waals surface area contributed by atoms with Gasteiger partial charge in [-0.15, -0.1) is 6.58 Å². The highest BCUT2D eigenvalue weighted by Crippen LogP contribution is 2.12. The van der Waals surface area contributed by atoms with E-state index in [2.05, 4.69) is 6.58 Å². The molecule has 1 heteroatoms. The van der Waals surface area contributed by atoms with Gasteiger partial charge in [0.05, 0.1) is 6.26 Å². The maximum atomic E-state index is 5.26. The highest BCUT2D eigenvalue weighted by molar-refractivity contribution is 5.27. The summed E-state index contributed by atoms with van der Waals surface area (Å²) in [4.78, 5) is 0. The second-order valence-corrected chi connectivity index (χ2v) is 2.81. The zero-order valence-electron chi connectivity index (χ0n) is 11.2. The third-order valence-electron chi connectivity index (χ3n) is 1.33. The largest absolute Gasteiger partial charge is 0.465 e. The molecule has 0 saturated heterocycles. The molecule has 0 atom stereocenters. The van der Waals surface area contributed by atoms with E-state index in [4.69, 9.17) is 4.74 Å². The molecule has 0 amide bonds. The second kappa shape index (κ2) is 13.5. The predicted octanol–water partition coefficient (Wildman–Crippen LogP) is 5.13. The topological polar surface area (TPSA) is 9.23 Å². The Labute approximate surface area is 100 Å². The van der Waals surface area contributed by atoms with Gasteiger partial charge in [0.25, 0.3) is 0 Å². The van der Waals surface area contributed by atoms with Crippen LogP contribution in [0, 0.1) is 6.92 Å². The highest BCUT2D eigenvalue weighted by atomic mass is 16.5. The van der Waals surface area contributed by atoms with Crippen LogP contribution in [0.5, 0.6) is 5.75 Å². The van der Waals surface area contributed by atoms with E-state index in [9.17, 15) is 0 Å². The van der Waals surface area contributed by atoms with Crippen molar-refractivity contribution in [3.8, 4) is 5.75 Å². The molecule has 0 aliphatic heterocycles. The van der Waals surface area contributed by atoms with Gasteiger partial charge in [0, 0.05) is 0 Å². The van der Waals surface area contributed by atoms with Gasteiger partial charge in [-0.25, -0.2) is 0 Å². The second-order valence-electron chi connectivity index (χ2n) is 2.81. The van der Waals surface area contributed by atoms with Crippen molar-refractivity contribution in [1.82, 2.24) is 0 Å². The maximum Gasteiger partial charge on any atom is 0.126 e. The first-order valence-corrected chi connectivity index (χ1v) is 5.66. The molecule has 0 aromatic heterocycles. The third kappa shape index (κ3) is 10.6. The molecule has 1 aromatic carbocycles. The van der Waals surface area contributed by atoms with E-state index in [0.717, 1.165) is 5.75 Å². The van der Waals surface area contributed by atoms with Gasteiger partial charge >= 0.3 is 0 Å². The van der Waals surface area contributed by atoms with Gasteiger partial charge in [-0.3, -0.25) is 0 Å². The molecule has 0 aliphatic carbocycles. The van der Waals surface area contributed by atoms with Crippen molar-refractivity contribution in [2.75, 3.05) is 0 Å². The Morgan fingerprint density at radius 3 is 2.19 bits per heavy atom. The van der Waals surface area contributed by atoms with Gasteiger partial charge in [-0.2, -0.15) is 0 Å². The van der Waals surface area contributed by atoms with Crippen LogP contribution in [0.1, 0.15) is 33.3 Å². The summed E-state index contributed by atoms with van der Waals surface area (Å²) in [6.45, 7) is 13.2. The fourth-order valence-electron chi connectivity index (χ4n) is 0.835. The minimum atomic E-state index is 0.892. The Bertz CT molecular complexity index is 287. The lowest BCUT2D eigenvalue weighted by atomic mass is 10.2. The first-order chi connectivity index (χ1) is 7.74. The van der Waals surface area contributed by atoms with Gasteiger partial charge in [-0.05, 0) is 38.5 Å². The van der Waals surface area contributed by atoms with Gasteiger partial charge in [0.2, 0.25) is 0 Å². The van der Waals surface area contributed by atoms with E-state index >= 15 is 0 Å². The standard InChI is InChI=1S/C10H12O.C3H6.C2H6/c1-3-7-11-10-6-4-5-9(2)8-10;1-3-2;1-2/h3-8H,1-2H3;3H,1H2,2H3;1-2H3/b7-3+;;. The zero-order chi connectivity index (χ0) is 12.8. The predicted molar refractivity (Wildman–Crippen MR) is 73.8 cm³/mol. The summed E-state index contributed by atoms with van der Waals surface area (Å²) in [5.41, 5.74) is 1.21. The molecule has 0 unspecified atom stereocenters. The summed E-state index contributed by atoms with van der Waals surface area (Å²) in [6, 6.07) is 7.96. The Hall–Kier alpha value is -1.50. The van der Waals surface area contributed by atoms with Gasteiger partial charge in [-0.1, -0.05) is 38.1 Å². The average molecular weight is 220 g/mol. The molecule has 0 heterocycles.